The minimum absolute atomic E-state index is 0.245. The van der Waals surface area contributed by atoms with E-state index in [1.165, 1.54) is 11.1 Å². The second kappa shape index (κ2) is 3.22. The first-order chi connectivity index (χ1) is 5.09. The van der Waals surface area contributed by atoms with Crippen LogP contribution >= 0.6 is 0 Å². The third-order valence-corrected chi connectivity index (χ3v) is 2.27. The van der Waals surface area contributed by atoms with Crippen LogP contribution in [0.3, 0.4) is 0 Å². The molecule has 0 fully saturated rings. The van der Waals surface area contributed by atoms with Crippen LogP contribution in [0.1, 0.15) is 26.7 Å². The number of aliphatic hydroxyl groups is 1. The van der Waals surface area contributed by atoms with E-state index in [4.69, 9.17) is 0 Å². The lowest BCUT2D eigenvalue weighted by Crippen LogP contribution is -2.17. The van der Waals surface area contributed by atoms with Crippen molar-refractivity contribution in [1.29, 1.82) is 0 Å². The second-order valence-corrected chi connectivity index (χ2v) is 3.56. The van der Waals surface area contributed by atoms with Crippen LogP contribution in [0.5, 0.6) is 0 Å². The predicted octanol–water partition coefficient (Wildman–Crippen LogP) is 2.28. The van der Waals surface area contributed by atoms with Crippen LogP contribution in [0.25, 0.3) is 0 Å². The number of hydrogen-bond acceptors (Lipinski definition) is 1. The van der Waals surface area contributed by atoms with Gasteiger partial charge in [-0.15, -0.1) is 0 Å². The van der Waals surface area contributed by atoms with Crippen LogP contribution in [0, 0.1) is 5.92 Å². The lowest BCUT2D eigenvalue weighted by atomic mass is 9.84. The Labute approximate surface area is 68.4 Å². The molecule has 0 aliphatic heterocycles. The van der Waals surface area contributed by atoms with Crippen molar-refractivity contribution in [3.8, 4) is 0 Å². The fourth-order valence-electron chi connectivity index (χ4n) is 1.60. The minimum Gasteiger partial charge on any atom is -0.389 e. The number of rotatable bonds is 1. The van der Waals surface area contributed by atoms with Crippen molar-refractivity contribution in [2.24, 2.45) is 5.92 Å². The zero-order chi connectivity index (χ0) is 8.43. The maximum Gasteiger partial charge on any atom is 0.0729 e. The van der Waals surface area contributed by atoms with Crippen molar-refractivity contribution in [1.82, 2.24) is 0 Å². The molecule has 0 bridgehead atoms. The fraction of sp³-hybridized carbons (Fsp3) is 0.600. The van der Waals surface area contributed by atoms with Gasteiger partial charge in [-0.05, 0) is 32.6 Å². The molecule has 0 saturated carbocycles. The van der Waals surface area contributed by atoms with E-state index in [1.54, 1.807) is 0 Å². The molecule has 2 unspecified atom stereocenters. The summed E-state index contributed by atoms with van der Waals surface area (Å²) in [6.07, 6.45) is 3.63. The van der Waals surface area contributed by atoms with E-state index in [9.17, 15) is 5.11 Å². The Hall–Kier alpha value is -0.560. The van der Waals surface area contributed by atoms with Gasteiger partial charge in [-0.2, -0.15) is 0 Å². The first-order valence-corrected chi connectivity index (χ1v) is 4.10. The van der Waals surface area contributed by atoms with Crippen LogP contribution in [0.15, 0.2) is 23.8 Å². The summed E-state index contributed by atoms with van der Waals surface area (Å²) in [4.78, 5) is 0. The van der Waals surface area contributed by atoms with Gasteiger partial charge < -0.3 is 5.11 Å². The van der Waals surface area contributed by atoms with E-state index in [2.05, 4.69) is 13.5 Å². The highest BCUT2D eigenvalue weighted by Gasteiger charge is 2.18. The van der Waals surface area contributed by atoms with Gasteiger partial charge in [0.15, 0.2) is 0 Å². The largest absolute Gasteiger partial charge is 0.389 e. The van der Waals surface area contributed by atoms with E-state index in [-0.39, 0.29) is 6.10 Å². The Morgan fingerprint density at radius 3 is 2.82 bits per heavy atom. The van der Waals surface area contributed by atoms with Crippen LogP contribution in [-0.2, 0) is 0 Å². The minimum atomic E-state index is -0.245. The van der Waals surface area contributed by atoms with Crippen LogP contribution in [0.4, 0.5) is 0 Å². The summed E-state index contributed by atoms with van der Waals surface area (Å²) in [5.74, 6) is 0.495. The normalized spacial score (nSPS) is 31.4. The van der Waals surface area contributed by atoms with Crippen molar-refractivity contribution >= 4 is 0 Å². The molecule has 11 heavy (non-hydrogen) atoms. The summed E-state index contributed by atoms with van der Waals surface area (Å²) in [6.45, 7) is 8.01. The molecule has 0 heterocycles. The van der Waals surface area contributed by atoms with Gasteiger partial charge in [-0.1, -0.05) is 23.8 Å². The third-order valence-electron chi connectivity index (χ3n) is 2.27. The standard InChI is InChI=1S/C10H16O/c1-7(2)9-4-8(3)5-10(11)6-9/h5,9-11H,1,4,6H2,2-3H3. The maximum absolute atomic E-state index is 9.38. The highest BCUT2D eigenvalue weighted by Crippen LogP contribution is 2.28. The van der Waals surface area contributed by atoms with E-state index in [1.807, 2.05) is 13.0 Å². The summed E-state index contributed by atoms with van der Waals surface area (Å²) in [5.41, 5.74) is 2.48. The molecule has 1 rings (SSSR count). The highest BCUT2D eigenvalue weighted by molar-refractivity contribution is 5.13. The zero-order valence-corrected chi connectivity index (χ0v) is 7.30. The number of aliphatic hydroxyl groups excluding tert-OH is 1. The molecule has 0 spiro atoms. The summed E-state index contributed by atoms with van der Waals surface area (Å²) < 4.78 is 0. The maximum atomic E-state index is 9.38. The van der Waals surface area contributed by atoms with E-state index in [0.29, 0.717) is 5.92 Å². The van der Waals surface area contributed by atoms with Crippen molar-refractivity contribution in [2.75, 3.05) is 0 Å². The molecule has 2 atom stereocenters. The SMILES string of the molecule is C=C(C)C1CC(C)=CC(O)C1. The van der Waals surface area contributed by atoms with Gasteiger partial charge in [0.1, 0.15) is 0 Å². The molecule has 0 aromatic rings. The molecule has 1 nitrogen and oxygen atoms in total. The Morgan fingerprint density at radius 2 is 2.36 bits per heavy atom. The zero-order valence-electron chi connectivity index (χ0n) is 7.30. The van der Waals surface area contributed by atoms with Crippen LogP contribution in [0.2, 0.25) is 0 Å². The number of hydrogen-bond donors (Lipinski definition) is 1. The molecular formula is C10H16O. The molecule has 1 heteroatoms. The van der Waals surface area contributed by atoms with Gasteiger partial charge in [0.2, 0.25) is 0 Å². The molecule has 0 amide bonds. The predicted molar refractivity (Wildman–Crippen MR) is 47.3 cm³/mol. The van der Waals surface area contributed by atoms with Crippen LogP contribution < -0.4 is 0 Å². The Bertz CT molecular complexity index is 191. The van der Waals surface area contributed by atoms with Crippen molar-refractivity contribution in [3.63, 3.8) is 0 Å². The molecule has 0 saturated heterocycles. The van der Waals surface area contributed by atoms with Crippen LogP contribution in [-0.4, -0.2) is 11.2 Å². The van der Waals surface area contributed by atoms with E-state index >= 15 is 0 Å². The smallest absolute Gasteiger partial charge is 0.0729 e. The van der Waals surface area contributed by atoms with E-state index in [0.717, 1.165) is 12.8 Å². The van der Waals surface area contributed by atoms with Gasteiger partial charge >= 0.3 is 0 Å². The summed E-state index contributed by atoms with van der Waals surface area (Å²) >= 11 is 0. The summed E-state index contributed by atoms with van der Waals surface area (Å²) in [7, 11) is 0. The van der Waals surface area contributed by atoms with Gasteiger partial charge in [-0.25, -0.2) is 0 Å². The van der Waals surface area contributed by atoms with Crippen molar-refractivity contribution in [2.45, 2.75) is 32.8 Å². The van der Waals surface area contributed by atoms with Crippen molar-refractivity contribution < 1.29 is 5.11 Å². The van der Waals surface area contributed by atoms with E-state index < -0.39 is 0 Å². The first-order valence-electron chi connectivity index (χ1n) is 4.10. The molecule has 1 aliphatic carbocycles. The topological polar surface area (TPSA) is 20.2 Å². The summed E-state index contributed by atoms with van der Waals surface area (Å²) in [5, 5.41) is 9.38. The van der Waals surface area contributed by atoms with Gasteiger partial charge in [-0.3, -0.25) is 0 Å². The second-order valence-electron chi connectivity index (χ2n) is 3.56. The van der Waals surface area contributed by atoms with Gasteiger partial charge in [0.05, 0.1) is 6.10 Å². The average molecular weight is 152 g/mol. The average Bonchev–Trinajstić information content (AvgIpc) is 1.85. The van der Waals surface area contributed by atoms with Gasteiger partial charge in [0.25, 0.3) is 0 Å². The summed E-state index contributed by atoms with van der Waals surface area (Å²) in [6, 6.07) is 0. The highest BCUT2D eigenvalue weighted by atomic mass is 16.3. The molecular weight excluding hydrogens is 136 g/mol. The number of allylic oxidation sites excluding steroid dienone is 2. The molecule has 0 aromatic heterocycles. The first kappa shape index (κ1) is 8.54. The Kier molecular flexibility index (Phi) is 2.50. The fourth-order valence-corrected chi connectivity index (χ4v) is 1.60. The third kappa shape index (κ3) is 2.19. The Balaban J connectivity index is 2.64. The van der Waals surface area contributed by atoms with Gasteiger partial charge in [0, 0.05) is 0 Å². The molecule has 1 N–H and O–H groups in total. The molecule has 0 radical (unpaired) electrons. The lowest BCUT2D eigenvalue weighted by molar-refractivity contribution is 0.184. The lowest BCUT2D eigenvalue weighted by Gasteiger charge is -2.24. The molecule has 62 valence electrons. The molecule has 1 aliphatic rings. The Morgan fingerprint density at radius 1 is 1.73 bits per heavy atom. The quantitative estimate of drug-likeness (QED) is 0.571. The molecule has 0 aromatic carbocycles. The van der Waals surface area contributed by atoms with Crippen molar-refractivity contribution in [3.05, 3.63) is 23.8 Å². The monoisotopic (exact) mass is 152 g/mol.